The number of imidazole rings is 1. The number of halogens is 1. The van der Waals surface area contributed by atoms with Crippen molar-refractivity contribution in [3.8, 4) is 0 Å². The van der Waals surface area contributed by atoms with Gasteiger partial charge in [0.2, 0.25) is 0 Å². The Hall–Kier alpha value is -1.06. The average Bonchev–Trinajstić information content (AvgIpc) is 2.92. The number of hydrogen-bond acceptors (Lipinski definition) is 2. The molecule has 2 N–H and O–H groups in total. The van der Waals surface area contributed by atoms with Crippen LogP contribution in [0.1, 0.15) is 18.7 Å². The molecule has 1 aliphatic rings. The zero-order valence-electron chi connectivity index (χ0n) is 8.28. The highest BCUT2D eigenvalue weighted by molar-refractivity contribution is 6.29. The first kappa shape index (κ1) is 9.19. The topological polar surface area (TPSA) is 43.3 Å². The van der Waals surface area contributed by atoms with E-state index in [2.05, 4.69) is 4.98 Å². The molecule has 0 spiro atoms. The van der Waals surface area contributed by atoms with Gasteiger partial charge in [-0.2, -0.15) is 0 Å². The van der Waals surface area contributed by atoms with Gasteiger partial charge in [-0.25, -0.2) is 4.98 Å². The maximum Gasteiger partial charge on any atom is 0.121 e. The molecule has 0 bridgehead atoms. The van der Waals surface area contributed by atoms with Crippen LogP contribution < -0.4 is 5.73 Å². The highest BCUT2D eigenvalue weighted by atomic mass is 35.5. The molecule has 2 heterocycles. The minimum absolute atomic E-state index is 0.0808. The monoisotopic (exact) mass is 221 g/mol. The molecule has 1 fully saturated rings. The van der Waals surface area contributed by atoms with Crippen molar-refractivity contribution in [3.63, 3.8) is 0 Å². The first-order valence-electron chi connectivity index (χ1n) is 5.09. The molecule has 0 saturated heterocycles. The Kier molecular flexibility index (Phi) is 1.82. The Labute approximate surface area is 92.9 Å². The van der Waals surface area contributed by atoms with Crippen LogP contribution in [0.2, 0.25) is 5.15 Å². The van der Waals surface area contributed by atoms with Crippen LogP contribution in [-0.4, -0.2) is 15.9 Å². The molecule has 3 rings (SSSR count). The van der Waals surface area contributed by atoms with Crippen molar-refractivity contribution < 1.29 is 0 Å². The molecule has 78 valence electrons. The summed E-state index contributed by atoms with van der Waals surface area (Å²) in [6.07, 6.45) is 4.10. The van der Waals surface area contributed by atoms with E-state index in [0.29, 0.717) is 11.7 Å². The fourth-order valence-electron chi connectivity index (χ4n) is 2.05. The molecule has 2 aromatic heterocycles. The quantitative estimate of drug-likeness (QED) is 0.789. The molecular weight excluding hydrogens is 210 g/mol. The van der Waals surface area contributed by atoms with Crippen LogP contribution in [-0.2, 0) is 5.41 Å². The Morgan fingerprint density at radius 2 is 2.27 bits per heavy atom. The number of aromatic nitrogens is 2. The van der Waals surface area contributed by atoms with Gasteiger partial charge in [0.05, 0.1) is 11.7 Å². The van der Waals surface area contributed by atoms with Crippen molar-refractivity contribution in [2.45, 2.75) is 18.3 Å². The molecular formula is C11H12ClN3. The van der Waals surface area contributed by atoms with Gasteiger partial charge in [-0.15, -0.1) is 0 Å². The van der Waals surface area contributed by atoms with Crippen molar-refractivity contribution in [1.82, 2.24) is 9.38 Å². The molecule has 0 unspecified atom stereocenters. The van der Waals surface area contributed by atoms with E-state index in [9.17, 15) is 0 Å². The third-order valence-corrected chi connectivity index (χ3v) is 3.52. The number of hydrogen-bond donors (Lipinski definition) is 1. The van der Waals surface area contributed by atoms with Crippen LogP contribution in [0.25, 0.3) is 5.52 Å². The van der Waals surface area contributed by atoms with Gasteiger partial charge in [0, 0.05) is 12.0 Å². The molecule has 15 heavy (non-hydrogen) atoms. The number of rotatable bonds is 2. The normalized spacial score (nSPS) is 18.3. The highest BCUT2D eigenvalue weighted by Crippen LogP contribution is 2.46. The largest absolute Gasteiger partial charge is 0.329 e. The second-order valence-corrected chi connectivity index (χ2v) is 4.56. The maximum atomic E-state index is 6.18. The van der Waals surface area contributed by atoms with Crippen molar-refractivity contribution in [1.29, 1.82) is 0 Å². The molecule has 2 aromatic rings. The number of pyridine rings is 1. The van der Waals surface area contributed by atoms with Crippen molar-refractivity contribution >= 4 is 17.1 Å². The third kappa shape index (κ3) is 1.20. The number of nitrogens with two attached hydrogens (primary N) is 1. The lowest BCUT2D eigenvalue weighted by Crippen LogP contribution is -2.22. The molecule has 3 nitrogen and oxygen atoms in total. The molecule has 0 atom stereocenters. The summed E-state index contributed by atoms with van der Waals surface area (Å²) in [4.78, 5) is 4.46. The van der Waals surface area contributed by atoms with Gasteiger partial charge >= 0.3 is 0 Å². The lowest BCUT2D eigenvalue weighted by molar-refractivity contribution is 0.646. The summed E-state index contributed by atoms with van der Waals surface area (Å²) in [5, 5.41) is 0.708. The Bertz CT molecular complexity index is 514. The lowest BCUT2D eigenvalue weighted by atomic mass is 10.1. The summed E-state index contributed by atoms with van der Waals surface area (Å²) >= 11 is 6.18. The molecule has 1 saturated carbocycles. The molecule has 0 radical (unpaired) electrons. The van der Waals surface area contributed by atoms with Crippen molar-refractivity contribution in [2.75, 3.05) is 6.54 Å². The van der Waals surface area contributed by atoms with Gasteiger partial charge < -0.3 is 5.73 Å². The minimum atomic E-state index is 0.0808. The summed E-state index contributed by atoms with van der Waals surface area (Å²) in [7, 11) is 0. The van der Waals surface area contributed by atoms with Crippen LogP contribution >= 0.6 is 11.6 Å². The van der Waals surface area contributed by atoms with Crippen molar-refractivity contribution in [3.05, 3.63) is 35.4 Å². The van der Waals surface area contributed by atoms with E-state index in [-0.39, 0.29) is 5.41 Å². The summed E-state index contributed by atoms with van der Waals surface area (Å²) in [5.74, 6) is 1.02. The summed E-state index contributed by atoms with van der Waals surface area (Å²) < 4.78 is 2.00. The van der Waals surface area contributed by atoms with Crippen LogP contribution in [0.3, 0.4) is 0 Å². The van der Waals surface area contributed by atoms with Crippen LogP contribution in [0.15, 0.2) is 24.4 Å². The number of fused-ring (bicyclic) bond motifs is 1. The Morgan fingerprint density at radius 1 is 1.47 bits per heavy atom. The first-order valence-corrected chi connectivity index (χ1v) is 5.47. The summed E-state index contributed by atoms with van der Waals surface area (Å²) in [5.41, 5.74) is 6.92. The highest BCUT2D eigenvalue weighted by Gasteiger charge is 2.46. The smallest absolute Gasteiger partial charge is 0.121 e. The minimum Gasteiger partial charge on any atom is -0.329 e. The zero-order valence-corrected chi connectivity index (χ0v) is 9.04. The van der Waals surface area contributed by atoms with Gasteiger partial charge in [0.1, 0.15) is 11.0 Å². The summed E-state index contributed by atoms with van der Waals surface area (Å²) in [6.45, 7) is 0.650. The van der Waals surface area contributed by atoms with Gasteiger partial charge in [-0.05, 0) is 25.0 Å². The van der Waals surface area contributed by atoms with Crippen LogP contribution in [0, 0.1) is 0 Å². The van der Waals surface area contributed by atoms with E-state index < -0.39 is 0 Å². The fraction of sp³-hybridized carbons (Fsp3) is 0.364. The van der Waals surface area contributed by atoms with Gasteiger partial charge in [-0.1, -0.05) is 17.7 Å². The van der Waals surface area contributed by atoms with Gasteiger partial charge in [0.15, 0.2) is 0 Å². The molecule has 1 aliphatic carbocycles. The third-order valence-electron chi connectivity index (χ3n) is 3.22. The molecule has 0 aliphatic heterocycles. The first-order chi connectivity index (χ1) is 7.27. The Morgan fingerprint density at radius 3 is 2.93 bits per heavy atom. The van der Waals surface area contributed by atoms with Crippen LogP contribution in [0.4, 0.5) is 0 Å². The Balaban J connectivity index is 2.28. The second-order valence-electron chi connectivity index (χ2n) is 4.18. The predicted molar refractivity (Wildman–Crippen MR) is 60.2 cm³/mol. The van der Waals surface area contributed by atoms with E-state index in [0.717, 1.165) is 24.2 Å². The van der Waals surface area contributed by atoms with E-state index in [1.54, 1.807) is 0 Å². The van der Waals surface area contributed by atoms with E-state index in [1.807, 2.05) is 28.8 Å². The van der Waals surface area contributed by atoms with E-state index in [1.165, 1.54) is 0 Å². The van der Waals surface area contributed by atoms with Gasteiger partial charge in [0.25, 0.3) is 0 Å². The number of nitrogens with zero attached hydrogens (tertiary/aromatic N) is 2. The molecule has 0 aromatic carbocycles. The lowest BCUT2D eigenvalue weighted by Gasteiger charge is -2.11. The molecule has 4 heteroatoms. The second kappa shape index (κ2) is 2.97. The summed E-state index contributed by atoms with van der Waals surface area (Å²) in [6, 6.07) is 5.83. The standard InChI is InChI=1S/C11H12ClN3/c12-9-3-1-2-8-6-14-10(15(8)9)11(7-13)4-5-11/h1-3,6H,4-5,7,13H2. The van der Waals surface area contributed by atoms with Gasteiger partial charge in [-0.3, -0.25) is 4.40 Å². The van der Waals surface area contributed by atoms with E-state index >= 15 is 0 Å². The van der Waals surface area contributed by atoms with Crippen molar-refractivity contribution in [2.24, 2.45) is 5.73 Å². The maximum absolute atomic E-state index is 6.18. The SMILES string of the molecule is NCC1(c2ncc3cccc(Cl)n23)CC1. The average molecular weight is 222 g/mol. The zero-order chi connectivity index (χ0) is 10.5. The predicted octanol–water partition coefficient (Wildman–Crippen LogP) is 1.98. The van der Waals surface area contributed by atoms with Crippen LogP contribution in [0.5, 0.6) is 0 Å². The fourth-order valence-corrected chi connectivity index (χ4v) is 2.30. The molecule has 0 amide bonds. The van der Waals surface area contributed by atoms with E-state index in [4.69, 9.17) is 17.3 Å².